The Labute approximate surface area is 160 Å². The van der Waals surface area contributed by atoms with Crippen molar-refractivity contribution < 1.29 is 14.3 Å². The van der Waals surface area contributed by atoms with E-state index in [2.05, 4.69) is 10.3 Å². The lowest BCUT2D eigenvalue weighted by molar-refractivity contribution is -0.129. The van der Waals surface area contributed by atoms with Crippen LogP contribution in [-0.2, 0) is 16.1 Å². The van der Waals surface area contributed by atoms with E-state index in [1.165, 1.54) is 32.1 Å². The number of hydrogen-bond donors (Lipinski definition) is 1. The maximum atomic E-state index is 12.5. The SMILES string of the molecule is O=C(NCc1ccnc(OC2CCCCC2)c1)[C@H]1CC(=O)N(CC2CC2)C1. The average molecular weight is 371 g/mol. The fourth-order valence-corrected chi connectivity index (χ4v) is 4.05. The normalized spacial score (nSPS) is 23.5. The Morgan fingerprint density at radius 2 is 2.04 bits per heavy atom. The Bertz CT molecular complexity index is 683. The summed E-state index contributed by atoms with van der Waals surface area (Å²) in [7, 11) is 0. The number of likely N-dealkylation sites (tertiary alicyclic amines) is 1. The topological polar surface area (TPSA) is 71.5 Å². The van der Waals surface area contributed by atoms with Gasteiger partial charge in [-0.15, -0.1) is 0 Å². The lowest BCUT2D eigenvalue weighted by Crippen LogP contribution is -2.33. The highest BCUT2D eigenvalue weighted by molar-refractivity contribution is 5.89. The first-order valence-electron chi connectivity index (χ1n) is 10.3. The van der Waals surface area contributed by atoms with Gasteiger partial charge in [0, 0.05) is 38.3 Å². The van der Waals surface area contributed by atoms with Crippen molar-refractivity contribution in [2.24, 2.45) is 11.8 Å². The zero-order valence-electron chi connectivity index (χ0n) is 15.9. The molecule has 2 aliphatic carbocycles. The molecule has 0 radical (unpaired) electrons. The van der Waals surface area contributed by atoms with Crippen molar-refractivity contribution in [3.63, 3.8) is 0 Å². The third kappa shape index (κ3) is 4.99. The van der Waals surface area contributed by atoms with E-state index in [0.717, 1.165) is 24.9 Å². The lowest BCUT2D eigenvalue weighted by atomic mass is 9.98. The molecule has 2 amide bonds. The minimum atomic E-state index is -0.226. The van der Waals surface area contributed by atoms with Crippen molar-refractivity contribution in [1.82, 2.24) is 15.2 Å². The quantitative estimate of drug-likeness (QED) is 0.800. The van der Waals surface area contributed by atoms with Gasteiger partial charge in [-0.05, 0) is 56.1 Å². The van der Waals surface area contributed by atoms with Crippen LogP contribution in [-0.4, -0.2) is 40.9 Å². The first-order chi connectivity index (χ1) is 13.2. The number of pyridine rings is 1. The van der Waals surface area contributed by atoms with E-state index in [4.69, 9.17) is 4.74 Å². The molecule has 0 unspecified atom stereocenters. The van der Waals surface area contributed by atoms with E-state index < -0.39 is 0 Å². The maximum Gasteiger partial charge on any atom is 0.225 e. The molecule has 1 N–H and O–H groups in total. The zero-order chi connectivity index (χ0) is 18.6. The van der Waals surface area contributed by atoms with Crippen LogP contribution in [0.1, 0.15) is 56.9 Å². The monoisotopic (exact) mass is 371 g/mol. The van der Waals surface area contributed by atoms with E-state index in [0.29, 0.717) is 31.3 Å². The van der Waals surface area contributed by atoms with E-state index in [1.54, 1.807) is 6.20 Å². The molecule has 0 spiro atoms. The molecule has 0 aromatic carbocycles. The van der Waals surface area contributed by atoms with Crippen molar-refractivity contribution in [3.8, 4) is 5.88 Å². The fraction of sp³-hybridized carbons (Fsp3) is 0.667. The van der Waals surface area contributed by atoms with Crippen molar-refractivity contribution in [2.75, 3.05) is 13.1 Å². The molecule has 1 aromatic heterocycles. The predicted octanol–water partition coefficient (Wildman–Crippen LogP) is 2.67. The van der Waals surface area contributed by atoms with Gasteiger partial charge < -0.3 is 15.0 Å². The first kappa shape index (κ1) is 18.3. The van der Waals surface area contributed by atoms with Crippen molar-refractivity contribution >= 4 is 11.8 Å². The number of carbonyl (C=O) groups is 2. The molecule has 1 atom stereocenters. The highest BCUT2D eigenvalue weighted by atomic mass is 16.5. The second-order valence-corrected chi connectivity index (χ2v) is 8.24. The summed E-state index contributed by atoms with van der Waals surface area (Å²) < 4.78 is 6.00. The molecular weight excluding hydrogens is 342 g/mol. The van der Waals surface area contributed by atoms with Gasteiger partial charge in [-0.2, -0.15) is 0 Å². The second kappa shape index (κ2) is 8.28. The average Bonchev–Trinajstić information content (AvgIpc) is 3.42. The predicted molar refractivity (Wildman–Crippen MR) is 101 cm³/mol. The molecular formula is C21H29N3O3. The molecule has 3 fully saturated rings. The van der Waals surface area contributed by atoms with Crippen molar-refractivity contribution in [2.45, 2.75) is 64.0 Å². The Hall–Kier alpha value is -2.11. The third-order valence-electron chi connectivity index (χ3n) is 5.87. The van der Waals surface area contributed by atoms with Gasteiger partial charge >= 0.3 is 0 Å². The van der Waals surface area contributed by atoms with Gasteiger partial charge in [0.2, 0.25) is 17.7 Å². The molecule has 1 aliphatic heterocycles. The smallest absolute Gasteiger partial charge is 0.225 e. The summed E-state index contributed by atoms with van der Waals surface area (Å²) in [6, 6.07) is 3.81. The van der Waals surface area contributed by atoms with Crippen LogP contribution in [0, 0.1) is 11.8 Å². The molecule has 1 saturated heterocycles. The van der Waals surface area contributed by atoms with Crippen LogP contribution in [0.25, 0.3) is 0 Å². The first-order valence-corrected chi connectivity index (χ1v) is 10.3. The molecule has 3 aliphatic rings. The van der Waals surface area contributed by atoms with Gasteiger partial charge in [-0.1, -0.05) is 6.42 Å². The minimum absolute atomic E-state index is 0.0341. The van der Waals surface area contributed by atoms with Crippen LogP contribution in [0.3, 0.4) is 0 Å². The van der Waals surface area contributed by atoms with Crippen molar-refractivity contribution in [3.05, 3.63) is 23.9 Å². The summed E-state index contributed by atoms with van der Waals surface area (Å²) in [4.78, 5) is 30.7. The molecule has 0 bridgehead atoms. The molecule has 146 valence electrons. The molecule has 2 heterocycles. The summed E-state index contributed by atoms with van der Waals surface area (Å²) in [5.41, 5.74) is 0.975. The van der Waals surface area contributed by atoms with Crippen LogP contribution in [0.5, 0.6) is 5.88 Å². The van der Waals surface area contributed by atoms with E-state index >= 15 is 0 Å². The van der Waals surface area contributed by atoms with Crippen LogP contribution < -0.4 is 10.1 Å². The van der Waals surface area contributed by atoms with Crippen LogP contribution in [0.15, 0.2) is 18.3 Å². The number of carbonyl (C=O) groups excluding carboxylic acids is 2. The Kier molecular flexibility index (Phi) is 5.60. The standard InChI is InChI=1S/C21H29N3O3/c25-20-11-17(14-24(20)13-15-6-7-15)21(26)23-12-16-8-9-22-19(10-16)27-18-4-2-1-3-5-18/h8-10,15,17-18H,1-7,11-14H2,(H,23,26)/t17-/m0/s1. The second-order valence-electron chi connectivity index (χ2n) is 8.24. The Balaban J connectivity index is 1.26. The third-order valence-corrected chi connectivity index (χ3v) is 5.87. The molecule has 2 saturated carbocycles. The Morgan fingerprint density at radius 3 is 2.81 bits per heavy atom. The van der Waals surface area contributed by atoms with E-state index in [-0.39, 0.29) is 23.8 Å². The number of nitrogens with one attached hydrogen (secondary N) is 1. The number of nitrogens with zero attached hydrogens (tertiary/aromatic N) is 2. The van der Waals surface area contributed by atoms with Gasteiger partial charge in [0.25, 0.3) is 0 Å². The molecule has 6 nitrogen and oxygen atoms in total. The number of rotatable bonds is 7. The summed E-state index contributed by atoms with van der Waals surface area (Å²) in [6.45, 7) is 1.83. The maximum absolute atomic E-state index is 12.5. The zero-order valence-corrected chi connectivity index (χ0v) is 15.9. The number of ether oxygens (including phenoxy) is 1. The largest absolute Gasteiger partial charge is 0.474 e. The minimum Gasteiger partial charge on any atom is -0.474 e. The van der Waals surface area contributed by atoms with Gasteiger partial charge in [-0.3, -0.25) is 9.59 Å². The van der Waals surface area contributed by atoms with Crippen molar-refractivity contribution in [1.29, 1.82) is 0 Å². The summed E-state index contributed by atoms with van der Waals surface area (Å²) in [5, 5.41) is 2.98. The number of amides is 2. The highest BCUT2D eigenvalue weighted by Crippen LogP contribution is 2.32. The van der Waals surface area contributed by atoms with Gasteiger partial charge in [-0.25, -0.2) is 4.98 Å². The van der Waals surface area contributed by atoms with Crippen LogP contribution >= 0.6 is 0 Å². The molecule has 6 heteroatoms. The summed E-state index contributed by atoms with van der Waals surface area (Å²) in [5.74, 6) is 1.16. The highest BCUT2D eigenvalue weighted by Gasteiger charge is 2.36. The van der Waals surface area contributed by atoms with Crippen LogP contribution in [0.4, 0.5) is 0 Å². The van der Waals surface area contributed by atoms with Gasteiger partial charge in [0.05, 0.1) is 5.92 Å². The van der Waals surface area contributed by atoms with E-state index in [1.807, 2.05) is 17.0 Å². The Morgan fingerprint density at radius 1 is 1.22 bits per heavy atom. The van der Waals surface area contributed by atoms with Gasteiger partial charge in [0.1, 0.15) is 6.10 Å². The van der Waals surface area contributed by atoms with Gasteiger partial charge in [0.15, 0.2) is 0 Å². The fourth-order valence-electron chi connectivity index (χ4n) is 4.05. The summed E-state index contributed by atoms with van der Waals surface area (Å²) in [6.07, 6.45) is 10.7. The van der Waals surface area contributed by atoms with E-state index in [9.17, 15) is 9.59 Å². The lowest BCUT2D eigenvalue weighted by Gasteiger charge is -2.22. The molecule has 27 heavy (non-hydrogen) atoms. The molecule has 1 aromatic rings. The van der Waals surface area contributed by atoms with Crippen LogP contribution in [0.2, 0.25) is 0 Å². The summed E-state index contributed by atoms with van der Waals surface area (Å²) >= 11 is 0. The molecule has 4 rings (SSSR count). The number of aromatic nitrogens is 1. The number of hydrogen-bond acceptors (Lipinski definition) is 4.